The van der Waals surface area contributed by atoms with Crippen LogP contribution in [0.25, 0.3) is 16.7 Å². The molecule has 1 N–H and O–H groups in total. The average molecular weight is 409 g/mol. The van der Waals surface area contributed by atoms with E-state index in [0.29, 0.717) is 6.54 Å². The number of imidazole rings is 1. The number of ether oxygens (including phenoxy) is 1. The zero-order valence-electron chi connectivity index (χ0n) is 18.9. The Morgan fingerprint density at radius 3 is 2.43 bits per heavy atom. The molecule has 0 aliphatic carbocycles. The van der Waals surface area contributed by atoms with E-state index < -0.39 is 5.60 Å². The summed E-state index contributed by atoms with van der Waals surface area (Å²) >= 11 is 0. The summed E-state index contributed by atoms with van der Waals surface area (Å²) in [5.74, 6) is 1.06. The summed E-state index contributed by atoms with van der Waals surface area (Å²) < 4.78 is 7.51. The lowest BCUT2D eigenvalue weighted by molar-refractivity contribution is 0.0528. The number of nitrogens with zero attached hydrogens (tertiary/aromatic N) is 3. The number of pyridine rings is 1. The number of alkyl carbamates (subject to hydrolysis) is 1. The molecule has 3 rings (SSSR count). The molecule has 0 unspecified atom stereocenters. The van der Waals surface area contributed by atoms with Crippen molar-refractivity contribution < 1.29 is 9.53 Å². The molecule has 6 heteroatoms. The molecular formula is C24H32N4O2. The third-order valence-electron chi connectivity index (χ3n) is 4.76. The summed E-state index contributed by atoms with van der Waals surface area (Å²) in [6.07, 6.45) is 2.30. The van der Waals surface area contributed by atoms with E-state index in [1.54, 1.807) is 0 Å². The summed E-state index contributed by atoms with van der Waals surface area (Å²) in [6.45, 7) is 12.3. The van der Waals surface area contributed by atoms with Gasteiger partial charge < -0.3 is 10.1 Å². The highest BCUT2D eigenvalue weighted by Crippen LogP contribution is 2.25. The van der Waals surface area contributed by atoms with Gasteiger partial charge in [0.2, 0.25) is 0 Å². The van der Waals surface area contributed by atoms with Crippen molar-refractivity contribution in [3.05, 3.63) is 53.1 Å². The third kappa shape index (κ3) is 5.17. The van der Waals surface area contributed by atoms with Crippen molar-refractivity contribution >= 4 is 17.1 Å². The molecule has 0 saturated carbocycles. The molecule has 0 atom stereocenters. The fraction of sp³-hybridized carbons (Fsp3) is 0.458. The van der Waals surface area contributed by atoms with E-state index >= 15 is 0 Å². The highest BCUT2D eigenvalue weighted by Gasteiger charge is 2.16. The molecule has 6 nitrogen and oxygen atoms in total. The molecule has 0 bridgehead atoms. The lowest BCUT2D eigenvalue weighted by atomic mass is 10.1. The summed E-state index contributed by atoms with van der Waals surface area (Å²) in [7, 11) is 0. The number of aromatic nitrogens is 3. The fourth-order valence-corrected chi connectivity index (χ4v) is 3.54. The van der Waals surface area contributed by atoms with Gasteiger partial charge in [-0.2, -0.15) is 0 Å². The summed E-state index contributed by atoms with van der Waals surface area (Å²) in [5, 5.41) is 2.81. The maximum absolute atomic E-state index is 11.8. The maximum Gasteiger partial charge on any atom is 0.407 e. The van der Waals surface area contributed by atoms with Crippen LogP contribution in [-0.4, -0.2) is 32.8 Å². The first-order valence-corrected chi connectivity index (χ1v) is 10.6. The quantitative estimate of drug-likeness (QED) is 0.619. The molecule has 0 radical (unpaired) electrons. The minimum atomic E-state index is -0.484. The Balaban J connectivity index is 1.78. The van der Waals surface area contributed by atoms with E-state index in [2.05, 4.69) is 52.1 Å². The molecule has 0 spiro atoms. The number of hydrogen-bond donors (Lipinski definition) is 1. The second-order valence-electron chi connectivity index (χ2n) is 8.68. The second-order valence-corrected chi connectivity index (χ2v) is 8.68. The van der Waals surface area contributed by atoms with Crippen molar-refractivity contribution in [3.63, 3.8) is 0 Å². The van der Waals surface area contributed by atoms with Gasteiger partial charge >= 0.3 is 6.09 Å². The van der Waals surface area contributed by atoms with Gasteiger partial charge in [0.25, 0.3) is 0 Å². The molecule has 3 aromatic rings. The summed E-state index contributed by atoms with van der Waals surface area (Å²) in [4.78, 5) is 21.2. The predicted octanol–water partition coefficient (Wildman–Crippen LogP) is 5.06. The van der Waals surface area contributed by atoms with Crippen LogP contribution in [0.1, 0.15) is 56.9 Å². The van der Waals surface area contributed by atoms with Crippen molar-refractivity contribution in [3.8, 4) is 5.69 Å². The van der Waals surface area contributed by atoms with Crippen LogP contribution in [-0.2, 0) is 17.6 Å². The second kappa shape index (κ2) is 8.86. The molecule has 0 aliphatic heterocycles. The number of carbonyl (C=O) groups is 1. The van der Waals surface area contributed by atoms with Crippen molar-refractivity contribution in [1.29, 1.82) is 0 Å². The van der Waals surface area contributed by atoms with Crippen LogP contribution in [0, 0.1) is 13.8 Å². The van der Waals surface area contributed by atoms with E-state index in [4.69, 9.17) is 9.72 Å². The average Bonchev–Trinajstić information content (AvgIpc) is 2.99. The molecule has 1 amide bonds. The van der Waals surface area contributed by atoms with Crippen molar-refractivity contribution in [2.75, 3.05) is 6.54 Å². The highest BCUT2D eigenvalue weighted by molar-refractivity contribution is 5.80. The number of carbonyl (C=O) groups excluding carboxylic acids is 1. The Morgan fingerprint density at radius 2 is 1.80 bits per heavy atom. The van der Waals surface area contributed by atoms with Crippen LogP contribution in [0.3, 0.4) is 0 Å². The van der Waals surface area contributed by atoms with E-state index in [0.717, 1.165) is 58.8 Å². The molecular weight excluding hydrogens is 376 g/mol. The number of nitrogens with one attached hydrogen (secondary N) is 1. The van der Waals surface area contributed by atoms with E-state index in [1.165, 1.54) is 0 Å². The van der Waals surface area contributed by atoms with Crippen LogP contribution in [0.5, 0.6) is 0 Å². The Morgan fingerprint density at radius 1 is 1.10 bits per heavy atom. The van der Waals surface area contributed by atoms with Gasteiger partial charge in [-0.05, 0) is 71.2 Å². The summed E-state index contributed by atoms with van der Waals surface area (Å²) in [5.41, 5.74) is 5.79. The number of rotatable bonds is 6. The standard InChI is InChI=1S/C24H32N4O2/c1-7-8-21-27-22-17(3)26-16(2)15-20(22)28(21)19-11-9-18(10-12-19)13-14-25-23(29)30-24(4,5)6/h9-12,15H,7-8,13-14H2,1-6H3,(H,25,29). The number of aryl methyl sites for hydroxylation is 3. The SMILES string of the molecule is CCCc1nc2c(C)nc(C)cc2n1-c1ccc(CCNC(=O)OC(C)(C)C)cc1. The first-order valence-electron chi connectivity index (χ1n) is 10.6. The normalized spacial score (nSPS) is 11.7. The lowest BCUT2D eigenvalue weighted by Crippen LogP contribution is -2.33. The Kier molecular flexibility index (Phi) is 6.44. The van der Waals surface area contributed by atoms with E-state index in [9.17, 15) is 4.79 Å². The molecule has 1 aromatic carbocycles. The predicted molar refractivity (Wildman–Crippen MR) is 120 cm³/mol. The van der Waals surface area contributed by atoms with Crippen LogP contribution in [0.2, 0.25) is 0 Å². The molecule has 2 heterocycles. The van der Waals surface area contributed by atoms with Crippen LogP contribution < -0.4 is 5.32 Å². The highest BCUT2D eigenvalue weighted by atomic mass is 16.6. The van der Waals surface area contributed by atoms with Crippen molar-refractivity contribution in [1.82, 2.24) is 19.9 Å². The largest absolute Gasteiger partial charge is 0.444 e. The first kappa shape index (κ1) is 21.8. The minimum Gasteiger partial charge on any atom is -0.444 e. The van der Waals surface area contributed by atoms with Crippen LogP contribution >= 0.6 is 0 Å². The molecule has 0 aliphatic rings. The van der Waals surface area contributed by atoms with Crippen LogP contribution in [0.15, 0.2) is 30.3 Å². The maximum atomic E-state index is 11.8. The van der Waals surface area contributed by atoms with E-state index in [1.807, 2.05) is 34.6 Å². The van der Waals surface area contributed by atoms with Gasteiger partial charge in [0.15, 0.2) is 0 Å². The van der Waals surface area contributed by atoms with Crippen LogP contribution in [0.4, 0.5) is 4.79 Å². The Bertz CT molecular complexity index is 1030. The first-order chi connectivity index (χ1) is 14.2. The van der Waals surface area contributed by atoms with Crippen molar-refractivity contribution in [2.24, 2.45) is 0 Å². The molecule has 30 heavy (non-hydrogen) atoms. The van der Waals surface area contributed by atoms with Gasteiger partial charge in [-0.1, -0.05) is 19.1 Å². The number of fused-ring (bicyclic) bond motifs is 1. The molecule has 2 aromatic heterocycles. The number of benzene rings is 1. The van der Waals surface area contributed by atoms with Gasteiger partial charge in [0, 0.05) is 24.3 Å². The van der Waals surface area contributed by atoms with Gasteiger partial charge in [-0.3, -0.25) is 9.55 Å². The van der Waals surface area contributed by atoms with Gasteiger partial charge in [-0.15, -0.1) is 0 Å². The third-order valence-corrected chi connectivity index (χ3v) is 4.76. The summed E-state index contributed by atoms with van der Waals surface area (Å²) in [6, 6.07) is 10.6. The topological polar surface area (TPSA) is 69.0 Å². The zero-order valence-corrected chi connectivity index (χ0v) is 18.9. The number of amides is 1. The van der Waals surface area contributed by atoms with Crippen molar-refractivity contribution in [2.45, 2.75) is 66.4 Å². The van der Waals surface area contributed by atoms with E-state index in [-0.39, 0.29) is 6.09 Å². The lowest BCUT2D eigenvalue weighted by Gasteiger charge is -2.19. The molecule has 160 valence electrons. The Labute approximate surface area is 178 Å². The molecule has 0 fully saturated rings. The molecule has 0 saturated heterocycles. The zero-order chi connectivity index (χ0) is 21.9. The van der Waals surface area contributed by atoms with Gasteiger partial charge in [0.1, 0.15) is 16.9 Å². The number of hydrogen-bond acceptors (Lipinski definition) is 4. The van der Waals surface area contributed by atoms with Gasteiger partial charge in [-0.25, -0.2) is 9.78 Å². The smallest absolute Gasteiger partial charge is 0.407 e. The monoisotopic (exact) mass is 408 g/mol. The van der Waals surface area contributed by atoms with Gasteiger partial charge in [0.05, 0.1) is 11.2 Å². The fourth-order valence-electron chi connectivity index (χ4n) is 3.54. The minimum absolute atomic E-state index is 0.382. The Hall–Kier alpha value is -2.89.